The molecule has 2 aromatic carbocycles. The van der Waals surface area contributed by atoms with Crippen LogP contribution in [-0.2, 0) is 11.2 Å². The number of hydrogen-bond acceptors (Lipinski definition) is 1. The van der Waals surface area contributed by atoms with Crippen LogP contribution < -0.4 is 5.32 Å². The minimum absolute atomic E-state index is 0.0259. The van der Waals surface area contributed by atoms with Crippen molar-refractivity contribution >= 4 is 11.6 Å². The third-order valence-corrected chi connectivity index (χ3v) is 3.80. The number of nitrogens with one attached hydrogen (secondary N) is 1. The standard InChI is InChI=1S/C17H16FNO/c1-10-7-11(2)16-14(8-10)15(17(20)19-16)9-12-3-5-13(18)6-4-12/h3-8,15H,9H2,1-2H3,(H,19,20)/t15-/m1/s1. The fourth-order valence-corrected chi connectivity index (χ4v) is 2.86. The van der Waals surface area contributed by atoms with Crippen LogP contribution in [0.3, 0.4) is 0 Å². The van der Waals surface area contributed by atoms with Gasteiger partial charge in [-0.1, -0.05) is 29.8 Å². The first kappa shape index (κ1) is 12.9. The van der Waals surface area contributed by atoms with Crippen LogP contribution in [0.25, 0.3) is 0 Å². The molecule has 0 bridgehead atoms. The van der Waals surface area contributed by atoms with Crippen LogP contribution in [0.5, 0.6) is 0 Å². The Kier molecular flexibility index (Phi) is 3.05. The fourth-order valence-electron chi connectivity index (χ4n) is 2.86. The summed E-state index contributed by atoms with van der Waals surface area (Å²) in [5.74, 6) is -0.413. The summed E-state index contributed by atoms with van der Waals surface area (Å²) in [5, 5.41) is 2.96. The first-order valence-corrected chi connectivity index (χ1v) is 6.71. The first-order chi connectivity index (χ1) is 9.54. The van der Waals surface area contributed by atoms with E-state index in [0.29, 0.717) is 6.42 Å². The lowest BCUT2D eigenvalue weighted by Crippen LogP contribution is -2.14. The number of amides is 1. The van der Waals surface area contributed by atoms with Gasteiger partial charge in [0.15, 0.2) is 0 Å². The molecule has 0 fully saturated rings. The molecular formula is C17H16FNO. The summed E-state index contributed by atoms with van der Waals surface area (Å²) in [6, 6.07) is 10.5. The Bertz CT molecular complexity index is 676. The molecule has 0 radical (unpaired) electrons. The molecule has 1 heterocycles. The van der Waals surface area contributed by atoms with E-state index in [-0.39, 0.29) is 17.6 Å². The molecule has 0 saturated heterocycles. The largest absolute Gasteiger partial charge is 0.325 e. The van der Waals surface area contributed by atoms with E-state index < -0.39 is 0 Å². The summed E-state index contributed by atoms with van der Waals surface area (Å²) in [4.78, 5) is 12.2. The van der Waals surface area contributed by atoms with Gasteiger partial charge in [-0.25, -0.2) is 4.39 Å². The molecule has 1 atom stereocenters. The molecule has 2 nitrogen and oxygen atoms in total. The van der Waals surface area contributed by atoms with Crippen LogP contribution in [0.1, 0.15) is 28.2 Å². The van der Waals surface area contributed by atoms with Gasteiger partial charge in [-0.3, -0.25) is 4.79 Å². The van der Waals surface area contributed by atoms with Crippen molar-refractivity contribution in [3.63, 3.8) is 0 Å². The summed E-state index contributed by atoms with van der Waals surface area (Å²) in [5.41, 5.74) is 5.21. The summed E-state index contributed by atoms with van der Waals surface area (Å²) >= 11 is 0. The molecule has 3 heteroatoms. The number of aryl methyl sites for hydroxylation is 2. The van der Waals surface area contributed by atoms with Crippen molar-refractivity contribution in [1.29, 1.82) is 0 Å². The Labute approximate surface area is 117 Å². The molecule has 0 aromatic heterocycles. The van der Waals surface area contributed by atoms with Gasteiger partial charge in [0.05, 0.1) is 5.92 Å². The van der Waals surface area contributed by atoms with Gasteiger partial charge in [0.25, 0.3) is 0 Å². The number of hydrogen-bond donors (Lipinski definition) is 1. The van der Waals surface area contributed by atoms with E-state index in [2.05, 4.69) is 17.4 Å². The van der Waals surface area contributed by atoms with E-state index in [1.54, 1.807) is 12.1 Å². The van der Waals surface area contributed by atoms with Crippen molar-refractivity contribution < 1.29 is 9.18 Å². The van der Waals surface area contributed by atoms with E-state index in [9.17, 15) is 9.18 Å². The predicted octanol–water partition coefficient (Wildman–Crippen LogP) is 3.72. The average Bonchev–Trinajstić information content (AvgIpc) is 2.70. The molecule has 0 unspecified atom stereocenters. The lowest BCUT2D eigenvalue weighted by molar-refractivity contribution is -0.117. The van der Waals surface area contributed by atoms with E-state index in [0.717, 1.165) is 27.9 Å². The van der Waals surface area contributed by atoms with Crippen molar-refractivity contribution in [1.82, 2.24) is 0 Å². The van der Waals surface area contributed by atoms with Crippen LogP contribution in [0.15, 0.2) is 36.4 Å². The maximum absolute atomic E-state index is 12.9. The molecule has 3 rings (SSSR count). The van der Waals surface area contributed by atoms with Gasteiger partial charge in [-0.2, -0.15) is 0 Å². The lowest BCUT2D eigenvalue weighted by Gasteiger charge is -2.10. The molecule has 1 amide bonds. The SMILES string of the molecule is Cc1cc(C)c2c(c1)[C@@H](Cc1ccc(F)cc1)C(=O)N2. The van der Waals surface area contributed by atoms with Gasteiger partial charge < -0.3 is 5.32 Å². The Balaban J connectivity index is 1.96. The third-order valence-electron chi connectivity index (χ3n) is 3.80. The van der Waals surface area contributed by atoms with E-state index >= 15 is 0 Å². The smallest absolute Gasteiger partial charge is 0.232 e. The molecule has 0 saturated carbocycles. The van der Waals surface area contributed by atoms with Crippen LogP contribution in [0.4, 0.5) is 10.1 Å². The van der Waals surface area contributed by atoms with Gasteiger partial charge in [0.1, 0.15) is 5.82 Å². The number of rotatable bonds is 2. The number of benzene rings is 2. The molecule has 0 spiro atoms. The van der Waals surface area contributed by atoms with Crippen LogP contribution in [-0.4, -0.2) is 5.91 Å². The second kappa shape index (κ2) is 4.75. The Hall–Kier alpha value is -2.16. The molecule has 20 heavy (non-hydrogen) atoms. The van der Waals surface area contributed by atoms with Crippen molar-refractivity contribution in [2.75, 3.05) is 5.32 Å². The summed E-state index contributed by atoms with van der Waals surface area (Å²) in [6.45, 7) is 4.04. The second-order valence-corrected chi connectivity index (χ2v) is 5.42. The highest BCUT2D eigenvalue weighted by Gasteiger charge is 2.31. The highest BCUT2D eigenvalue weighted by Crippen LogP contribution is 2.37. The maximum atomic E-state index is 12.9. The third kappa shape index (κ3) is 2.20. The maximum Gasteiger partial charge on any atom is 0.232 e. The minimum atomic E-state index is -0.253. The normalized spacial score (nSPS) is 16.9. The first-order valence-electron chi connectivity index (χ1n) is 6.71. The monoisotopic (exact) mass is 269 g/mol. The van der Waals surface area contributed by atoms with Crippen LogP contribution in [0.2, 0.25) is 0 Å². The quantitative estimate of drug-likeness (QED) is 0.884. The molecule has 1 aliphatic rings. The average molecular weight is 269 g/mol. The van der Waals surface area contributed by atoms with E-state index in [1.807, 2.05) is 13.8 Å². The highest BCUT2D eigenvalue weighted by molar-refractivity contribution is 6.04. The number of anilines is 1. The van der Waals surface area contributed by atoms with E-state index in [4.69, 9.17) is 0 Å². The lowest BCUT2D eigenvalue weighted by atomic mass is 9.91. The molecule has 102 valence electrons. The fraction of sp³-hybridized carbons (Fsp3) is 0.235. The number of halogens is 1. The molecule has 1 N–H and O–H groups in total. The topological polar surface area (TPSA) is 29.1 Å². The summed E-state index contributed by atoms with van der Waals surface area (Å²) < 4.78 is 12.9. The molecule has 1 aliphatic heterocycles. The predicted molar refractivity (Wildman–Crippen MR) is 77.4 cm³/mol. The van der Waals surface area contributed by atoms with Crippen molar-refractivity contribution in [2.45, 2.75) is 26.2 Å². The minimum Gasteiger partial charge on any atom is -0.325 e. The number of carbonyl (C=O) groups excluding carboxylic acids is 1. The van der Waals surface area contributed by atoms with Crippen LogP contribution >= 0.6 is 0 Å². The molecule has 0 aliphatic carbocycles. The molecule has 2 aromatic rings. The van der Waals surface area contributed by atoms with Crippen molar-refractivity contribution in [3.8, 4) is 0 Å². The highest BCUT2D eigenvalue weighted by atomic mass is 19.1. The van der Waals surface area contributed by atoms with Gasteiger partial charge in [-0.15, -0.1) is 0 Å². The zero-order chi connectivity index (χ0) is 14.3. The zero-order valence-electron chi connectivity index (χ0n) is 11.5. The molecular weight excluding hydrogens is 253 g/mol. The second-order valence-electron chi connectivity index (χ2n) is 5.42. The van der Waals surface area contributed by atoms with E-state index in [1.165, 1.54) is 12.1 Å². The number of carbonyl (C=O) groups is 1. The van der Waals surface area contributed by atoms with Gasteiger partial charge in [0.2, 0.25) is 5.91 Å². The van der Waals surface area contributed by atoms with Gasteiger partial charge >= 0.3 is 0 Å². The van der Waals surface area contributed by atoms with Crippen LogP contribution in [0, 0.1) is 19.7 Å². The zero-order valence-corrected chi connectivity index (χ0v) is 11.5. The Morgan fingerprint density at radius 2 is 1.85 bits per heavy atom. The number of fused-ring (bicyclic) bond motifs is 1. The summed E-state index contributed by atoms with van der Waals surface area (Å²) in [6.07, 6.45) is 0.599. The summed E-state index contributed by atoms with van der Waals surface area (Å²) in [7, 11) is 0. The van der Waals surface area contributed by atoms with Gasteiger partial charge in [-0.05, 0) is 49.1 Å². The van der Waals surface area contributed by atoms with Crippen molar-refractivity contribution in [2.24, 2.45) is 0 Å². The van der Waals surface area contributed by atoms with Crippen molar-refractivity contribution in [3.05, 3.63) is 64.5 Å². The van der Waals surface area contributed by atoms with Gasteiger partial charge in [0, 0.05) is 5.69 Å². The Morgan fingerprint density at radius 3 is 2.55 bits per heavy atom. The Morgan fingerprint density at radius 1 is 1.15 bits per heavy atom.